The molecule has 1 heterocycles. The van der Waals surface area contributed by atoms with Crippen molar-refractivity contribution >= 4 is 23.4 Å². The minimum atomic E-state index is -4.34. The molecule has 0 unspecified atom stereocenters. The summed E-state index contributed by atoms with van der Waals surface area (Å²) in [4.78, 5) is 3.72. The van der Waals surface area contributed by atoms with E-state index in [-0.39, 0.29) is 5.03 Å². The summed E-state index contributed by atoms with van der Waals surface area (Å²) < 4.78 is 37.4. The zero-order valence-electron chi connectivity index (χ0n) is 7.72. The highest BCUT2D eigenvalue weighted by molar-refractivity contribution is 7.99. The number of halogens is 4. The highest BCUT2D eigenvalue weighted by atomic mass is 35.5. The lowest BCUT2D eigenvalue weighted by atomic mass is 10.3. The van der Waals surface area contributed by atoms with Gasteiger partial charge < -0.3 is 0 Å². The van der Waals surface area contributed by atoms with Crippen LogP contribution >= 0.6 is 23.4 Å². The van der Waals surface area contributed by atoms with Crippen LogP contribution < -0.4 is 0 Å². The second-order valence-electron chi connectivity index (χ2n) is 2.74. The van der Waals surface area contributed by atoms with E-state index in [0.717, 1.165) is 17.8 Å². The summed E-state index contributed by atoms with van der Waals surface area (Å²) in [5.74, 6) is 0.991. The molecule has 1 rings (SSSR count). The van der Waals surface area contributed by atoms with Crippen molar-refractivity contribution in [3.05, 3.63) is 23.9 Å². The number of rotatable bonds is 4. The van der Waals surface area contributed by atoms with Gasteiger partial charge in [0.25, 0.3) is 0 Å². The van der Waals surface area contributed by atoms with Crippen LogP contribution in [-0.4, -0.2) is 16.6 Å². The molecule has 1 aromatic heterocycles. The van der Waals surface area contributed by atoms with Crippen LogP contribution in [0.25, 0.3) is 0 Å². The molecule has 15 heavy (non-hydrogen) atoms. The third-order valence-electron chi connectivity index (χ3n) is 1.59. The van der Waals surface area contributed by atoms with Gasteiger partial charge in [-0.25, -0.2) is 4.98 Å². The Bertz CT molecular complexity index is 316. The number of aromatic nitrogens is 1. The number of hydrogen-bond donors (Lipinski definition) is 0. The van der Waals surface area contributed by atoms with Crippen molar-refractivity contribution < 1.29 is 13.2 Å². The van der Waals surface area contributed by atoms with Gasteiger partial charge in [0.15, 0.2) is 0 Å². The molecule has 6 heteroatoms. The normalized spacial score (nSPS) is 11.7. The van der Waals surface area contributed by atoms with Crippen LogP contribution in [0.5, 0.6) is 0 Å². The molecule has 0 saturated heterocycles. The van der Waals surface area contributed by atoms with Crippen LogP contribution in [0.1, 0.15) is 12.0 Å². The molecule has 0 aliphatic heterocycles. The van der Waals surface area contributed by atoms with Crippen LogP contribution in [-0.2, 0) is 6.18 Å². The molecule has 0 aromatic carbocycles. The van der Waals surface area contributed by atoms with Crippen LogP contribution in [0.4, 0.5) is 13.2 Å². The Kier molecular flexibility index (Phi) is 4.73. The number of hydrogen-bond acceptors (Lipinski definition) is 2. The molecule has 0 saturated carbocycles. The molecule has 1 nitrogen and oxygen atoms in total. The highest BCUT2D eigenvalue weighted by Gasteiger charge is 2.33. The molecular weight excluding hydrogens is 247 g/mol. The minimum absolute atomic E-state index is 0.0233. The third kappa shape index (κ3) is 3.91. The van der Waals surface area contributed by atoms with E-state index in [1.807, 2.05) is 0 Å². The fourth-order valence-electron chi connectivity index (χ4n) is 0.945. The van der Waals surface area contributed by atoms with E-state index in [1.165, 1.54) is 12.3 Å². The van der Waals surface area contributed by atoms with Gasteiger partial charge in [0.1, 0.15) is 5.03 Å². The summed E-state index contributed by atoms with van der Waals surface area (Å²) in [5.41, 5.74) is -0.676. The van der Waals surface area contributed by atoms with Gasteiger partial charge in [-0.1, -0.05) is 0 Å². The van der Waals surface area contributed by atoms with E-state index in [9.17, 15) is 13.2 Å². The van der Waals surface area contributed by atoms with E-state index >= 15 is 0 Å². The molecule has 84 valence electrons. The maximum Gasteiger partial charge on any atom is 0.419 e. The Morgan fingerprint density at radius 1 is 1.40 bits per heavy atom. The van der Waals surface area contributed by atoms with Gasteiger partial charge in [0.2, 0.25) is 0 Å². The number of thioether (sulfide) groups is 1. The monoisotopic (exact) mass is 255 g/mol. The number of pyridine rings is 1. The first-order valence-electron chi connectivity index (χ1n) is 4.26. The van der Waals surface area contributed by atoms with Gasteiger partial charge in [0, 0.05) is 17.8 Å². The molecule has 0 bridgehead atoms. The van der Waals surface area contributed by atoms with E-state index in [1.54, 1.807) is 0 Å². The molecular formula is C9H9ClF3NS. The quantitative estimate of drug-likeness (QED) is 0.461. The third-order valence-corrected chi connectivity index (χ3v) is 2.95. The van der Waals surface area contributed by atoms with E-state index in [4.69, 9.17) is 11.6 Å². The fraction of sp³-hybridized carbons (Fsp3) is 0.444. The van der Waals surface area contributed by atoms with Crippen molar-refractivity contribution in [1.82, 2.24) is 4.98 Å². The molecule has 0 aliphatic carbocycles. The van der Waals surface area contributed by atoms with Crippen LogP contribution in [0.3, 0.4) is 0 Å². The SMILES string of the molecule is FC(F)(F)c1cccnc1SCCCCl. The Hall–Kier alpha value is -0.420. The number of nitrogens with zero attached hydrogens (tertiary/aromatic N) is 1. The summed E-state index contributed by atoms with van der Waals surface area (Å²) in [5, 5.41) is 0.0233. The molecule has 1 aromatic rings. The smallest absolute Gasteiger partial charge is 0.249 e. The topological polar surface area (TPSA) is 12.9 Å². The van der Waals surface area contributed by atoms with Gasteiger partial charge in [0.05, 0.1) is 5.56 Å². The van der Waals surface area contributed by atoms with Crippen molar-refractivity contribution in [2.45, 2.75) is 17.6 Å². The molecule has 0 aliphatic rings. The molecule has 0 spiro atoms. The fourth-order valence-corrected chi connectivity index (χ4v) is 2.19. The maximum atomic E-state index is 12.5. The summed E-state index contributed by atoms with van der Waals surface area (Å²) >= 11 is 6.52. The van der Waals surface area contributed by atoms with E-state index in [2.05, 4.69) is 4.98 Å². The van der Waals surface area contributed by atoms with Crippen molar-refractivity contribution in [3.63, 3.8) is 0 Å². The van der Waals surface area contributed by atoms with Crippen LogP contribution in [0.2, 0.25) is 0 Å². The van der Waals surface area contributed by atoms with Gasteiger partial charge >= 0.3 is 6.18 Å². The van der Waals surface area contributed by atoms with Crippen molar-refractivity contribution in [2.75, 3.05) is 11.6 Å². The predicted octanol–water partition coefficient (Wildman–Crippen LogP) is 3.82. The van der Waals surface area contributed by atoms with E-state index < -0.39 is 11.7 Å². The maximum absolute atomic E-state index is 12.5. The van der Waals surface area contributed by atoms with Gasteiger partial charge in [-0.2, -0.15) is 13.2 Å². The second kappa shape index (κ2) is 5.61. The summed E-state index contributed by atoms with van der Waals surface area (Å²) in [6, 6.07) is 2.32. The predicted molar refractivity (Wildman–Crippen MR) is 55.3 cm³/mol. The first kappa shape index (κ1) is 12.6. The lowest BCUT2D eigenvalue weighted by Crippen LogP contribution is -2.07. The zero-order chi connectivity index (χ0) is 11.3. The van der Waals surface area contributed by atoms with Crippen LogP contribution in [0, 0.1) is 0 Å². The Labute approximate surface area is 95.0 Å². The molecule has 0 atom stereocenters. The van der Waals surface area contributed by atoms with Gasteiger partial charge in [-0.15, -0.1) is 23.4 Å². The first-order valence-corrected chi connectivity index (χ1v) is 5.78. The zero-order valence-corrected chi connectivity index (χ0v) is 9.29. The second-order valence-corrected chi connectivity index (χ2v) is 4.21. The van der Waals surface area contributed by atoms with Crippen LogP contribution in [0.15, 0.2) is 23.4 Å². The molecule has 0 N–H and O–H groups in total. The Morgan fingerprint density at radius 3 is 2.73 bits per heavy atom. The minimum Gasteiger partial charge on any atom is -0.249 e. The van der Waals surface area contributed by atoms with E-state index in [0.29, 0.717) is 18.1 Å². The lowest BCUT2D eigenvalue weighted by molar-refractivity contribution is -0.140. The largest absolute Gasteiger partial charge is 0.419 e. The molecule has 0 fully saturated rings. The van der Waals surface area contributed by atoms with Crippen molar-refractivity contribution in [3.8, 4) is 0 Å². The standard InChI is InChI=1S/C9H9ClF3NS/c10-4-2-6-15-8-7(9(11,12)13)3-1-5-14-8/h1,3,5H,2,4,6H2. The Morgan fingerprint density at radius 2 is 2.13 bits per heavy atom. The van der Waals surface area contributed by atoms with Gasteiger partial charge in [-0.05, 0) is 18.6 Å². The summed E-state index contributed by atoms with van der Waals surface area (Å²) in [7, 11) is 0. The average Bonchev–Trinajstić information content (AvgIpc) is 2.17. The highest BCUT2D eigenvalue weighted by Crippen LogP contribution is 2.35. The summed E-state index contributed by atoms with van der Waals surface area (Å²) in [6.45, 7) is 0. The van der Waals surface area contributed by atoms with Gasteiger partial charge in [-0.3, -0.25) is 0 Å². The average molecular weight is 256 g/mol. The van der Waals surface area contributed by atoms with Crippen molar-refractivity contribution in [1.29, 1.82) is 0 Å². The number of alkyl halides is 4. The molecule has 0 radical (unpaired) electrons. The summed E-state index contributed by atoms with van der Waals surface area (Å²) in [6.07, 6.45) is -2.31. The molecule has 0 amide bonds. The first-order chi connectivity index (χ1) is 7.05. The Balaban J connectivity index is 2.78. The van der Waals surface area contributed by atoms with Crippen molar-refractivity contribution in [2.24, 2.45) is 0 Å². The lowest BCUT2D eigenvalue weighted by Gasteiger charge is -2.10.